The third kappa shape index (κ3) is 3.27. The predicted molar refractivity (Wildman–Crippen MR) is 78.1 cm³/mol. The summed E-state index contributed by atoms with van der Waals surface area (Å²) in [6, 6.07) is 9.21. The van der Waals surface area contributed by atoms with Gasteiger partial charge in [-0.15, -0.1) is 0 Å². The zero-order valence-electron chi connectivity index (χ0n) is 10.2. The van der Waals surface area contributed by atoms with Crippen LogP contribution in [0, 0.1) is 0 Å². The van der Waals surface area contributed by atoms with Crippen molar-refractivity contribution in [2.45, 2.75) is 0 Å². The molecule has 0 aliphatic carbocycles. The van der Waals surface area contributed by atoms with Crippen LogP contribution in [0.4, 0.5) is 0 Å². The number of amidine groups is 1. The summed E-state index contributed by atoms with van der Waals surface area (Å²) in [4.78, 5) is 27.8. The number of allylic oxidation sites excluding steroid dienone is 2. The maximum Gasteiger partial charge on any atom is 0.235 e. The SMILES string of the molecule is O=C/C=C(/C=NC(Cl)=NC=O)c1cc2ccccc2o1. The van der Waals surface area contributed by atoms with Crippen LogP contribution in [0.15, 0.2) is 50.8 Å². The minimum absolute atomic E-state index is 0.229. The number of nitrogens with zero attached hydrogens (tertiary/aromatic N) is 2. The van der Waals surface area contributed by atoms with Gasteiger partial charge in [0, 0.05) is 17.2 Å². The summed E-state index contributed by atoms with van der Waals surface area (Å²) in [6.45, 7) is 0. The number of fused-ring (bicyclic) bond motifs is 1. The van der Waals surface area contributed by atoms with E-state index in [1.165, 1.54) is 12.3 Å². The van der Waals surface area contributed by atoms with Crippen molar-refractivity contribution in [3.63, 3.8) is 0 Å². The van der Waals surface area contributed by atoms with Crippen molar-refractivity contribution in [2.24, 2.45) is 9.98 Å². The van der Waals surface area contributed by atoms with E-state index < -0.39 is 0 Å². The average molecular weight is 289 g/mol. The quantitative estimate of drug-likeness (QED) is 0.285. The summed E-state index contributed by atoms with van der Waals surface area (Å²) in [5, 5.41) is 0.674. The molecule has 0 aliphatic heterocycles. The highest BCUT2D eigenvalue weighted by atomic mass is 35.5. The largest absolute Gasteiger partial charge is 0.456 e. The number of rotatable bonds is 4. The van der Waals surface area contributed by atoms with E-state index >= 15 is 0 Å². The van der Waals surface area contributed by atoms with E-state index in [9.17, 15) is 9.59 Å². The van der Waals surface area contributed by atoms with Crippen molar-refractivity contribution in [1.82, 2.24) is 0 Å². The number of hydrogen-bond donors (Lipinski definition) is 0. The lowest BCUT2D eigenvalue weighted by Gasteiger charge is -1.94. The fraction of sp³-hybridized carbons (Fsp3) is 0. The molecule has 0 bridgehead atoms. The van der Waals surface area contributed by atoms with Gasteiger partial charge in [-0.05, 0) is 29.8 Å². The van der Waals surface area contributed by atoms with Crippen LogP contribution in [-0.4, -0.2) is 24.2 Å². The van der Waals surface area contributed by atoms with E-state index in [1.807, 2.05) is 24.3 Å². The number of halogens is 1. The molecular formula is C14H9ClN2O3. The number of hydrogen-bond acceptors (Lipinski definition) is 3. The highest BCUT2D eigenvalue weighted by Crippen LogP contribution is 2.23. The van der Waals surface area contributed by atoms with Crippen molar-refractivity contribution in [3.8, 4) is 0 Å². The van der Waals surface area contributed by atoms with Gasteiger partial charge in [-0.2, -0.15) is 4.99 Å². The maximum atomic E-state index is 10.7. The highest BCUT2D eigenvalue weighted by molar-refractivity contribution is 6.66. The Morgan fingerprint density at radius 1 is 1.25 bits per heavy atom. The van der Waals surface area contributed by atoms with Crippen molar-refractivity contribution in [2.75, 3.05) is 0 Å². The molecule has 0 N–H and O–H groups in total. The van der Waals surface area contributed by atoms with Crippen LogP contribution in [0.25, 0.3) is 16.5 Å². The number of carbonyl (C=O) groups is 2. The second-order valence-electron chi connectivity index (χ2n) is 3.67. The molecule has 100 valence electrons. The van der Waals surface area contributed by atoms with E-state index in [0.717, 1.165) is 5.39 Å². The van der Waals surface area contributed by atoms with Crippen LogP contribution in [0.3, 0.4) is 0 Å². The molecule has 0 fully saturated rings. The molecule has 0 atom stereocenters. The molecule has 0 aliphatic rings. The molecule has 2 aromatic rings. The van der Waals surface area contributed by atoms with Crippen LogP contribution in [-0.2, 0) is 9.59 Å². The third-order valence-corrected chi connectivity index (χ3v) is 2.62. The molecule has 1 heterocycles. The first-order valence-electron chi connectivity index (χ1n) is 5.60. The molecule has 0 saturated heterocycles. The first-order valence-corrected chi connectivity index (χ1v) is 5.98. The van der Waals surface area contributed by atoms with Gasteiger partial charge in [0.2, 0.25) is 11.7 Å². The second-order valence-corrected chi connectivity index (χ2v) is 4.01. The molecule has 5 nitrogen and oxygen atoms in total. The normalized spacial score (nSPS) is 13.1. The van der Waals surface area contributed by atoms with E-state index in [1.54, 1.807) is 6.07 Å². The number of benzene rings is 1. The van der Waals surface area contributed by atoms with Crippen LogP contribution in [0.2, 0.25) is 0 Å². The van der Waals surface area contributed by atoms with E-state index in [-0.39, 0.29) is 11.7 Å². The first kappa shape index (κ1) is 13.9. The Hall–Kier alpha value is -2.53. The van der Waals surface area contributed by atoms with Crippen molar-refractivity contribution in [3.05, 3.63) is 42.2 Å². The Balaban J connectivity index is 2.38. The van der Waals surface area contributed by atoms with Crippen molar-refractivity contribution >= 4 is 52.3 Å². The van der Waals surface area contributed by atoms with Gasteiger partial charge in [-0.1, -0.05) is 18.2 Å². The van der Waals surface area contributed by atoms with E-state index in [0.29, 0.717) is 23.2 Å². The van der Waals surface area contributed by atoms with Gasteiger partial charge in [-0.25, -0.2) is 4.99 Å². The molecule has 20 heavy (non-hydrogen) atoms. The van der Waals surface area contributed by atoms with E-state index in [4.69, 9.17) is 16.0 Å². The van der Waals surface area contributed by atoms with Crippen LogP contribution in [0.5, 0.6) is 0 Å². The molecule has 1 amide bonds. The standard InChI is InChI=1S/C14H9ClN2O3/c15-14(17-9-19)16-8-11(5-6-18)13-7-10-3-1-2-4-12(10)20-13/h1-9H/b11-5-,16-8?,17-14?. The van der Waals surface area contributed by atoms with Crippen LogP contribution < -0.4 is 0 Å². The average Bonchev–Trinajstić information content (AvgIpc) is 2.87. The van der Waals surface area contributed by atoms with Gasteiger partial charge in [0.05, 0.1) is 0 Å². The Labute approximate surface area is 119 Å². The number of amides is 1. The smallest absolute Gasteiger partial charge is 0.235 e. The molecule has 1 aromatic heterocycles. The van der Waals surface area contributed by atoms with Gasteiger partial charge < -0.3 is 4.42 Å². The molecule has 6 heteroatoms. The predicted octanol–water partition coefficient (Wildman–Crippen LogP) is 2.84. The highest BCUT2D eigenvalue weighted by Gasteiger charge is 2.07. The minimum Gasteiger partial charge on any atom is -0.456 e. The van der Waals surface area contributed by atoms with Gasteiger partial charge in [0.25, 0.3) is 0 Å². The number of para-hydroxylation sites is 1. The molecule has 1 aromatic carbocycles. The number of aliphatic imine (C=N–C) groups is 2. The Kier molecular flexibility index (Phi) is 4.57. The summed E-state index contributed by atoms with van der Waals surface area (Å²) in [5.41, 5.74) is 1.12. The van der Waals surface area contributed by atoms with Gasteiger partial charge in [0.1, 0.15) is 17.6 Å². The lowest BCUT2D eigenvalue weighted by molar-refractivity contribution is -0.106. The fourth-order valence-electron chi connectivity index (χ4n) is 1.59. The Bertz CT molecular complexity index is 696. The third-order valence-electron chi connectivity index (χ3n) is 2.43. The molecule has 0 spiro atoms. The summed E-state index contributed by atoms with van der Waals surface area (Å²) < 4.78 is 5.60. The number of furan rings is 1. The summed E-state index contributed by atoms with van der Waals surface area (Å²) in [7, 11) is 0. The lowest BCUT2D eigenvalue weighted by atomic mass is 10.2. The lowest BCUT2D eigenvalue weighted by Crippen LogP contribution is -1.88. The summed E-state index contributed by atoms with van der Waals surface area (Å²) in [5.74, 6) is 0.470. The molecule has 0 radical (unpaired) electrons. The molecule has 0 saturated carbocycles. The zero-order valence-corrected chi connectivity index (χ0v) is 10.9. The number of aldehydes is 1. The fourth-order valence-corrected chi connectivity index (χ4v) is 1.67. The summed E-state index contributed by atoms with van der Waals surface area (Å²) >= 11 is 5.57. The van der Waals surface area contributed by atoms with Gasteiger partial charge in [0.15, 0.2) is 0 Å². The summed E-state index contributed by atoms with van der Waals surface area (Å²) in [6.07, 6.45) is 3.48. The Morgan fingerprint density at radius 2 is 2.05 bits per heavy atom. The molecule has 2 rings (SSSR count). The van der Waals surface area contributed by atoms with E-state index in [2.05, 4.69) is 9.98 Å². The zero-order chi connectivity index (χ0) is 14.4. The molecular weight excluding hydrogens is 280 g/mol. The van der Waals surface area contributed by atoms with Crippen LogP contribution in [0.1, 0.15) is 5.76 Å². The topological polar surface area (TPSA) is 72.0 Å². The maximum absolute atomic E-state index is 10.7. The monoisotopic (exact) mass is 288 g/mol. The van der Waals surface area contributed by atoms with Crippen molar-refractivity contribution < 1.29 is 14.0 Å². The second kappa shape index (κ2) is 6.58. The van der Waals surface area contributed by atoms with Crippen molar-refractivity contribution in [1.29, 1.82) is 0 Å². The van der Waals surface area contributed by atoms with Gasteiger partial charge >= 0.3 is 0 Å². The molecule has 0 unspecified atom stereocenters. The number of carbonyl (C=O) groups excluding carboxylic acids is 2. The van der Waals surface area contributed by atoms with Crippen LogP contribution >= 0.6 is 11.6 Å². The van der Waals surface area contributed by atoms with Gasteiger partial charge in [-0.3, -0.25) is 9.59 Å². The Morgan fingerprint density at radius 3 is 2.75 bits per heavy atom. The minimum atomic E-state index is -0.229. The first-order chi connectivity index (χ1) is 9.74.